The minimum atomic E-state index is -0.275. The van der Waals surface area contributed by atoms with E-state index in [0.717, 1.165) is 22.5 Å². The fourth-order valence-corrected chi connectivity index (χ4v) is 2.81. The van der Waals surface area contributed by atoms with Gasteiger partial charge in [-0.15, -0.1) is 0 Å². The Labute approximate surface area is 156 Å². The average Bonchev–Trinajstić information content (AvgIpc) is 3.09. The molecule has 0 saturated carbocycles. The van der Waals surface area contributed by atoms with Crippen LogP contribution >= 0.6 is 0 Å². The number of anilines is 2. The van der Waals surface area contributed by atoms with Gasteiger partial charge < -0.3 is 10.6 Å². The first kappa shape index (κ1) is 16.8. The van der Waals surface area contributed by atoms with Gasteiger partial charge in [-0.05, 0) is 55.3 Å². The summed E-state index contributed by atoms with van der Waals surface area (Å²) in [6.45, 7) is 4.06. The number of urea groups is 1. The topological polar surface area (TPSA) is 71.3 Å². The highest BCUT2D eigenvalue weighted by Crippen LogP contribution is 2.21. The Bertz CT molecular complexity index is 1080. The molecule has 4 rings (SSSR count). The molecule has 0 aliphatic rings. The van der Waals surface area contributed by atoms with Crippen molar-refractivity contribution in [3.63, 3.8) is 0 Å². The van der Waals surface area contributed by atoms with E-state index in [9.17, 15) is 4.79 Å². The molecule has 0 aliphatic carbocycles. The summed E-state index contributed by atoms with van der Waals surface area (Å²) in [5.74, 6) is 0.655. The molecule has 0 unspecified atom stereocenters. The number of nitrogens with one attached hydrogen (secondary N) is 2. The zero-order valence-electron chi connectivity index (χ0n) is 15.1. The summed E-state index contributed by atoms with van der Waals surface area (Å²) in [7, 11) is 0. The third kappa shape index (κ3) is 3.64. The molecule has 0 atom stereocenters. The zero-order valence-corrected chi connectivity index (χ0v) is 15.1. The Morgan fingerprint density at radius 1 is 0.963 bits per heavy atom. The minimum absolute atomic E-state index is 0.275. The summed E-state index contributed by atoms with van der Waals surface area (Å²) in [5, 5.41) is 5.69. The number of aryl methyl sites for hydroxylation is 2. The van der Waals surface area contributed by atoms with Crippen LogP contribution in [0.4, 0.5) is 16.2 Å². The van der Waals surface area contributed by atoms with E-state index in [-0.39, 0.29) is 6.03 Å². The first-order valence-corrected chi connectivity index (χ1v) is 8.64. The fourth-order valence-electron chi connectivity index (χ4n) is 2.81. The predicted octanol–water partition coefficient (Wildman–Crippen LogP) is 4.66. The molecule has 2 heterocycles. The van der Waals surface area contributed by atoms with Crippen LogP contribution in [0.3, 0.4) is 0 Å². The maximum absolute atomic E-state index is 12.2. The van der Waals surface area contributed by atoms with Crippen LogP contribution in [0, 0.1) is 13.8 Å². The van der Waals surface area contributed by atoms with Crippen molar-refractivity contribution in [3.05, 3.63) is 78.2 Å². The number of amides is 2. The van der Waals surface area contributed by atoms with Crippen LogP contribution in [-0.2, 0) is 0 Å². The maximum atomic E-state index is 12.2. The van der Waals surface area contributed by atoms with E-state index in [2.05, 4.69) is 20.6 Å². The lowest BCUT2D eigenvalue weighted by Gasteiger charge is -2.09. The molecule has 2 aromatic heterocycles. The van der Waals surface area contributed by atoms with Gasteiger partial charge in [-0.25, -0.2) is 14.8 Å². The van der Waals surface area contributed by atoms with Gasteiger partial charge in [-0.2, -0.15) is 0 Å². The Balaban J connectivity index is 1.45. The van der Waals surface area contributed by atoms with E-state index < -0.39 is 0 Å². The summed E-state index contributed by atoms with van der Waals surface area (Å²) in [5.41, 5.74) is 5.60. The van der Waals surface area contributed by atoms with Gasteiger partial charge in [0.15, 0.2) is 0 Å². The van der Waals surface area contributed by atoms with E-state index in [0.29, 0.717) is 11.5 Å². The van der Waals surface area contributed by atoms with Crippen LogP contribution < -0.4 is 10.6 Å². The SMILES string of the molecule is Cc1ccc(NC(=O)Nc2ccc(-c3cn4cccnc4n3)cc2)cc1C. The molecule has 0 radical (unpaired) electrons. The number of nitrogens with zero attached hydrogens (tertiary/aromatic N) is 3. The molecular formula is C21H19N5O. The van der Waals surface area contributed by atoms with E-state index >= 15 is 0 Å². The van der Waals surface area contributed by atoms with Gasteiger partial charge >= 0.3 is 6.03 Å². The van der Waals surface area contributed by atoms with Crippen molar-refractivity contribution in [2.24, 2.45) is 0 Å². The summed E-state index contributed by atoms with van der Waals surface area (Å²) < 4.78 is 1.87. The molecule has 0 spiro atoms. The van der Waals surface area contributed by atoms with Crippen LogP contribution in [0.2, 0.25) is 0 Å². The number of carbonyl (C=O) groups excluding carboxylic acids is 1. The number of imidazole rings is 1. The molecule has 0 aliphatic heterocycles. The number of hydrogen-bond donors (Lipinski definition) is 2. The molecule has 0 fully saturated rings. The molecule has 27 heavy (non-hydrogen) atoms. The molecule has 4 aromatic rings. The number of rotatable bonds is 3. The van der Waals surface area contributed by atoms with Crippen LogP contribution in [0.5, 0.6) is 0 Å². The average molecular weight is 357 g/mol. The Morgan fingerprint density at radius 2 is 1.70 bits per heavy atom. The van der Waals surface area contributed by atoms with Gasteiger partial charge in [0.05, 0.1) is 5.69 Å². The van der Waals surface area contributed by atoms with Crippen molar-refractivity contribution in [3.8, 4) is 11.3 Å². The molecule has 0 saturated heterocycles. The normalized spacial score (nSPS) is 10.7. The number of fused-ring (bicyclic) bond motifs is 1. The fraction of sp³-hybridized carbons (Fsp3) is 0.0952. The monoisotopic (exact) mass is 357 g/mol. The van der Waals surface area contributed by atoms with Gasteiger partial charge in [-0.3, -0.25) is 4.40 Å². The third-order valence-corrected chi connectivity index (χ3v) is 4.44. The van der Waals surface area contributed by atoms with Crippen molar-refractivity contribution in [2.45, 2.75) is 13.8 Å². The highest BCUT2D eigenvalue weighted by atomic mass is 16.2. The summed E-state index contributed by atoms with van der Waals surface area (Å²) in [6, 6.07) is 15.0. The second-order valence-electron chi connectivity index (χ2n) is 6.41. The number of benzene rings is 2. The van der Waals surface area contributed by atoms with Crippen LogP contribution in [0.1, 0.15) is 11.1 Å². The van der Waals surface area contributed by atoms with Crippen molar-refractivity contribution < 1.29 is 4.79 Å². The quantitative estimate of drug-likeness (QED) is 0.560. The summed E-state index contributed by atoms with van der Waals surface area (Å²) in [4.78, 5) is 20.9. The second kappa shape index (κ2) is 6.92. The van der Waals surface area contributed by atoms with E-state index in [1.165, 1.54) is 5.56 Å². The molecule has 0 bridgehead atoms. The van der Waals surface area contributed by atoms with E-state index in [1.807, 2.05) is 79.2 Å². The van der Waals surface area contributed by atoms with Gasteiger partial charge in [0, 0.05) is 35.5 Å². The number of carbonyl (C=O) groups is 1. The van der Waals surface area contributed by atoms with Crippen molar-refractivity contribution in [1.82, 2.24) is 14.4 Å². The van der Waals surface area contributed by atoms with Crippen LogP contribution in [0.15, 0.2) is 67.1 Å². The van der Waals surface area contributed by atoms with E-state index in [1.54, 1.807) is 6.20 Å². The summed E-state index contributed by atoms with van der Waals surface area (Å²) >= 11 is 0. The van der Waals surface area contributed by atoms with Gasteiger partial charge in [0.2, 0.25) is 5.78 Å². The lowest BCUT2D eigenvalue weighted by atomic mass is 10.1. The third-order valence-electron chi connectivity index (χ3n) is 4.44. The largest absolute Gasteiger partial charge is 0.323 e. The number of aromatic nitrogens is 3. The maximum Gasteiger partial charge on any atom is 0.323 e. The minimum Gasteiger partial charge on any atom is -0.308 e. The van der Waals surface area contributed by atoms with Crippen molar-refractivity contribution in [1.29, 1.82) is 0 Å². The Kier molecular flexibility index (Phi) is 4.30. The van der Waals surface area contributed by atoms with Gasteiger partial charge in [-0.1, -0.05) is 18.2 Å². The molecule has 6 nitrogen and oxygen atoms in total. The Morgan fingerprint density at radius 3 is 2.44 bits per heavy atom. The van der Waals surface area contributed by atoms with Gasteiger partial charge in [0.1, 0.15) is 0 Å². The molecular weight excluding hydrogens is 338 g/mol. The Hall–Kier alpha value is -3.67. The first-order chi connectivity index (χ1) is 13.1. The van der Waals surface area contributed by atoms with Crippen LogP contribution in [-0.4, -0.2) is 20.4 Å². The first-order valence-electron chi connectivity index (χ1n) is 8.64. The highest BCUT2D eigenvalue weighted by molar-refractivity contribution is 5.99. The van der Waals surface area contributed by atoms with Crippen molar-refractivity contribution in [2.75, 3.05) is 10.6 Å². The molecule has 2 amide bonds. The number of hydrogen-bond acceptors (Lipinski definition) is 3. The lowest BCUT2D eigenvalue weighted by molar-refractivity contribution is 0.262. The standard InChI is InChI=1S/C21H19N5O/c1-14-4-7-18(12-15(14)2)24-21(27)23-17-8-5-16(6-9-17)19-13-26-11-3-10-22-20(26)25-19/h3-13H,1-2H3,(H2,23,24,27). The summed E-state index contributed by atoms with van der Waals surface area (Å²) in [6.07, 6.45) is 5.55. The van der Waals surface area contributed by atoms with Gasteiger partial charge in [0.25, 0.3) is 0 Å². The molecule has 2 N–H and O–H groups in total. The second-order valence-corrected chi connectivity index (χ2v) is 6.41. The zero-order chi connectivity index (χ0) is 18.8. The smallest absolute Gasteiger partial charge is 0.308 e. The van der Waals surface area contributed by atoms with Crippen LogP contribution in [0.25, 0.3) is 17.0 Å². The predicted molar refractivity (Wildman–Crippen MR) is 107 cm³/mol. The molecule has 6 heteroatoms. The van der Waals surface area contributed by atoms with Crippen molar-refractivity contribution >= 4 is 23.2 Å². The highest BCUT2D eigenvalue weighted by Gasteiger charge is 2.07. The molecule has 134 valence electrons. The molecule has 2 aromatic carbocycles. The lowest BCUT2D eigenvalue weighted by Crippen LogP contribution is -2.19. The van der Waals surface area contributed by atoms with E-state index in [4.69, 9.17) is 0 Å².